The Morgan fingerprint density at radius 3 is 2.23 bits per heavy atom. The first-order chi connectivity index (χ1) is 12.6. The van der Waals surface area contributed by atoms with Crippen LogP contribution < -0.4 is 30.0 Å². The second kappa shape index (κ2) is 9.41. The van der Waals surface area contributed by atoms with Gasteiger partial charge in [-0.2, -0.15) is 0 Å². The molecule has 7 heteroatoms. The van der Waals surface area contributed by atoms with Crippen LogP contribution >= 0.6 is 0 Å². The molecule has 0 heterocycles. The Kier molecular flexibility index (Phi) is 6.96. The third-order valence-electron chi connectivity index (χ3n) is 3.67. The van der Waals surface area contributed by atoms with Crippen molar-refractivity contribution in [2.45, 2.75) is 12.8 Å². The SMILES string of the molecule is COc1cc(NC(=O)CCCOc2ccccc2N)cc(OC)c1OC. The number of methoxy groups -OCH3 is 3. The van der Waals surface area contributed by atoms with E-state index in [2.05, 4.69) is 5.32 Å². The number of amides is 1. The first kappa shape index (κ1) is 19.2. The number of hydrogen-bond donors (Lipinski definition) is 2. The van der Waals surface area contributed by atoms with Crippen LogP contribution in [0.15, 0.2) is 36.4 Å². The fourth-order valence-electron chi connectivity index (χ4n) is 2.40. The molecule has 0 spiro atoms. The second-order valence-electron chi connectivity index (χ2n) is 5.45. The van der Waals surface area contributed by atoms with Crippen molar-refractivity contribution in [3.8, 4) is 23.0 Å². The summed E-state index contributed by atoms with van der Waals surface area (Å²) in [6, 6.07) is 10.6. The van der Waals surface area contributed by atoms with Crippen molar-refractivity contribution in [3.05, 3.63) is 36.4 Å². The molecule has 0 aliphatic rings. The molecule has 3 N–H and O–H groups in total. The highest BCUT2D eigenvalue weighted by Gasteiger charge is 2.14. The van der Waals surface area contributed by atoms with E-state index in [0.717, 1.165) is 0 Å². The van der Waals surface area contributed by atoms with E-state index in [1.54, 1.807) is 24.3 Å². The minimum Gasteiger partial charge on any atom is -0.493 e. The molecule has 2 aromatic carbocycles. The molecule has 2 aromatic rings. The van der Waals surface area contributed by atoms with Gasteiger partial charge in [-0.3, -0.25) is 4.79 Å². The lowest BCUT2D eigenvalue weighted by atomic mass is 10.2. The Labute approximate surface area is 153 Å². The molecule has 0 saturated heterocycles. The Balaban J connectivity index is 1.88. The van der Waals surface area contributed by atoms with Gasteiger partial charge < -0.3 is 30.0 Å². The number of carbonyl (C=O) groups excluding carboxylic acids is 1. The first-order valence-corrected chi connectivity index (χ1v) is 8.16. The summed E-state index contributed by atoms with van der Waals surface area (Å²) in [6.45, 7) is 0.400. The number of ether oxygens (including phenoxy) is 4. The van der Waals surface area contributed by atoms with Crippen molar-refractivity contribution in [2.24, 2.45) is 0 Å². The van der Waals surface area contributed by atoms with Crippen LogP contribution in [0.2, 0.25) is 0 Å². The zero-order valence-corrected chi connectivity index (χ0v) is 15.2. The van der Waals surface area contributed by atoms with Crippen molar-refractivity contribution in [3.63, 3.8) is 0 Å². The lowest BCUT2D eigenvalue weighted by molar-refractivity contribution is -0.116. The molecular formula is C19H24N2O5. The molecule has 0 atom stereocenters. The molecule has 0 aliphatic carbocycles. The molecular weight excluding hydrogens is 336 g/mol. The van der Waals surface area contributed by atoms with Crippen molar-refractivity contribution in [2.75, 3.05) is 39.0 Å². The van der Waals surface area contributed by atoms with E-state index in [0.29, 0.717) is 53.8 Å². The average Bonchev–Trinajstić information content (AvgIpc) is 2.65. The molecule has 0 fully saturated rings. The van der Waals surface area contributed by atoms with Gasteiger partial charge in [0.15, 0.2) is 11.5 Å². The molecule has 7 nitrogen and oxygen atoms in total. The van der Waals surface area contributed by atoms with E-state index in [1.165, 1.54) is 21.3 Å². The molecule has 2 rings (SSSR count). The maximum atomic E-state index is 12.1. The van der Waals surface area contributed by atoms with E-state index in [1.807, 2.05) is 12.1 Å². The van der Waals surface area contributed by atoms with Crippen molar-refractivity contribution < 1.29 is 23.7 Å². The predicted octanol–water partition coefficient (Wildman–Crippen LogP) is 3.09. The maximum Gasteiger partial charge on any atom is 0.224 e. The lowest BCUT2D eigenvalue weighted by Crippen LogP contribution is -2.13. The number of nitrogens with one attached hydrogen (secondary N) is 1. The molecule has 0 aromatic heterocycles. The zero-order chi connectivity index (χ0) is 18.9. The molecule has 0 saturated carbocycles. The van der Waals surface area contributed by atoms with Crippen LogP contribution in [0.5, 0.6) is 23.0 Å². The number of hydrogen-bond acceptors (Lipinski definition) is 6. The molecule has 1 amide bonds. The number of carbonyl (C=O) groups is 1. The highest BCUT2D eigenvalue weighted by molar-refractivity contribution is 5.91. The number of nitrogens with two attached hydrogens (primary N) is 1. The molecule has 0 bridgehead atoms. The molecule has 0 aliphatic heterocycles. The van der Waals surface area contributed by atoms with E-state index in [4.69, 9.17) is 24.7 Å². The summed E-state index contributed by atoms with van der Waals surface area (Å²) in [5.41, 5.74) is 6.95. The minimum absolute atomic E-state index is 0.135. The van der Waals surface area contributed by atoms with Crippen molar-refractivity contribution in [1.29, 1.82) is 0 Å². The zero-order valence-electron chi connectivity index (χ0n) is 15.2. The van der Waals surface area contributed by atoms with Gasteiger partial charge in [-0.05, 0) is 18.6 Å². The molecule has 0 radical (unpaired) electrons. The Bertz CT molecular complexity index is 723. The summed E-state index contributed by atoms with van der Waals surface area (Å²) in [6.07, 6.45) is 0.869. The third kappa shape index (κ3) is 4.95. The standard InChI is InChI=1S/C19H24N2O5/c1-23-16-11-13(12-17(24-2)19(16)25-3)21-18(22)9-6-10-26-15-8-5-4-7-14(15)20/h4-5,7-8,11-12H,6,9-10,20H2,1-3H3,(H,21,22). The molecule has 26 heavy (non-hydrogen) atoms. The lowest BCUT2D eigenvalue weighted by Gasteiger charge is -2.14. The Hall–Kier alpha value is -3.09. The summed E-state index contributed by atoms with van der Waals surface area (Å²) in [7, 11) is 4.57. The summed E-state index contributed by atoms with van der Waals surface area (Å²) in [5, 5.41) is 2.82. The fourth-order valence-corrected chi connectivity index (χ4v) is 2.40. The van der Waals surface area contributed by atoms with E-state index < -0.39 is 0 Å². The van der Waals surface area contributed by atoms with Gasteiger partial charge in [0.05, 0.1) is 33.6 Å². The van der Waals surface area contributed by atoms with Crippen molar-refractivity contribution in [1.82, 2.24) is 0 Å². The van der Waals surface area contributed by atoms with Gasteiger partial charge in [-0.1, -0.05) is 12.1 Å². The van der Waals surface area contributed by atoms with Crippen LogP contribution in [0, 0.1) is 0 Å². The Morgan fingerprint density at radius 2 is 1.65 bits per heavy atom. The largest absolute Gasteiger partial charge is 0.493 e. The molecule has 140 valence electrons. The van der Waals surface area contributed by atoms with Crippen LogP contribution in [0.1, 0.15) is 12.8 Å². The van der Waals surface area contributed by atoms with E-state index in [-0.39, 0.29) is 5.91 Å². The van der Waals surface area contributed by atoms with Crippen LogP contribution in [-0.4, -0.2) is 33.8 Å². The van der Waals surface area contributed by atoms with Crippen molar-refractivity contribution >= 4 is 17.3 Å². The minimum atomic E-state index is -0.135. The number of benzene rings is 2. The van der Waals surface area contributed by atoms with Gasteiger partial charge in [0, 0.05) is 24.2 Å². The van der Waals surface area contributed by atoms with Crippen LogP contribution in [0.3, 0.4) is 0 Å². The van der Waals surface area contributed by atoms with Gasteiger partial charge in [0.2, 0.25) is 11.7 Å². The number of nitrogen functional groups attached to an aromatic ring is 1. The van der Waals surface area contributed by atoms with Gasteiger partial charge in [-0.15, -0.1) is 0 Å². The highest BCUT2D eigenvalue weighted by atomic mass is 16.5. The smallest absolute Gasteiger partial charge is 0.224 e. The van der Waals surface area contributed by atoms with E-state index in [9.17, 15) is 4.79 Å². The topological polar surface area (TPSA) is 92.0 Å². The van der Waals surface area contributed by atoms with Crippen LogP contribution in [-0.2, 0) is 4.79 Å². The monoisotopic (exact) mass is 360 g/mol. The first-order valence-electron chi connectivity index (χ1n) is 8.16. The maximum absolute atomic E-state index is 12.1. The van der Waals surface area contributed by atoms with Gasteiger partial charge >= 0.3 is 0 Å². The fraction of sp³-hybridized carbons (Fsp3) is 0.316. The normalized spacial score (nSPS) is 10.1. The second-order valence-corrected chi connectivity index (χ2v) is 5.45. The number of para-hydroxylation sites is 2. The summed E-state index contributed by atoms with van der Waals surface area (Å²) in [4.78, 5) is 12.1. The predicted molar refractivity (Wildman–Crippen MR) is 100 cm³/mol. The summed E-state index contributed by atoms with van der Waals surface area (Å²) < 4.78 is 21.4. The Morgan fingerprint density at radius 1 is 1.00 bits per heavy atom. The molecule has 0 unspecified atom stereocenters. The quantitative estimate of drug-likeness (QED) is 0.527. The highest BCUT2D eigenvalue weighted by Crippen LogP contribution is 2.39. The summed E-state index contributed by atoms with van der Waals surface area (Å²) in [5.74, 6) is 1.92. The number of anilines is 2. The van der Waals surface area contributed by atoms with E-state index >= 15 is 0 Å². The summed E-state index contributed by atoms with van der Waals surface area (Å²) >= 11 is 0. The number of rotatable bonds is 9. The third-order valence-corrected chi connectivity index (χ3v) is 3.67. The van der Waals surface area contributed by atoms with Gasteiger partial charge in [-0.25, -0.2) is 0 Å². The van der Waals surface area contributed by atoms with Gasteiger partial charge in [0.25, 0.3) is 0 Å². The average molecular weight is 360 g/mol. The van der Waals surface area contributed by atoms with Crippen LogP contribution in [0.4, 0.5) is 11.4 Å². The van der Waals surface area contributed by atoms with Crippen LogP contribution in [0.25, 0.3) is 0 Å². The van der Waals surface area contributed by atoms with Gasteiger partial charge in [0.1, 0.15) is 5.75 Å².